The van der Waals surface area contributed by atoms with E-state index in [0.29, 0.717) is 24.1 Å². The zero-order valence-electron chi connectivity index (χ0n) is 15.1. The molecule has 0 saturated carbocycles. The second-order valence-electron chi connectivity index (χ2n) is 7.83. The Labute approximate surface area is 147 Å². The third-order valence-corrected chi connectivity index (χ3v) is 4.56. The van der Waals surface area contributed by atoms with Crippen molar-refractivity contribution < 1.29 is 14.4 Å². The highest BCUT2D eigenvalue weighted by Gasteiger charge is 2.48. The lowest BCUT2D eigenvalue weighted by molar-refractivity contribution is -0.156. The lowest BCUT2D eigenvalue weighted by Gasteiger charge is -2.54. The first-order chi connectivity index (χ1) is 11.4. The van der Waals surface area contributed by atoms with Gasteiger partial charge in [-0.2, -0.15) is 0 Å². The highest BCUT2D eigenvalue weighted by atomic mass is 16.2. The Hall–Kier alpha value is -2.41. The fourth-order valence-corrected chi connectivity index (χ4v) is 3.91. The molecule has 3 amide bonds. The summed E-state index contributed by atoms with van der Waals surface area (Å²) in [6, 6.07) is 6.05. The van der Waals surface area contributed by atoms with Gasteiger partial charge in [-0.1, -0.05) is 0 Å². The van der Waals surface area contributed by atoms with Crippen LogP contribution >= 0.6 is 0 Å². The van der Waals surface area contributed by atoms with Crippen molar-refractivity contribution in [1.29, 1.82) is 0 Å². The van der Waals surface area contributed by atoms with Crippen LogP contribution in [0.15, 0.2) is 24.3 Å². The van der Waals surface area contributed by atoms with E-state index in [4.69, 9.17) is 11.5 Å². The second kappa shape index (κ2) is 6.48. The summed E-state index contributed by atoms with van der Waals surface area (Å²) in [5, 5.41) is 2.58. The number of carbonyl (C=O) groups excluding carboxylic acids is 3. The fraction of sp³-hybridized carbons (Fsp3) is 0.500. The number of nitrogens with one attached hydrogen (secondary N) is 1. The zero-order chi connectivity index (χ0) is 19.0. The lowest BCUT2D eigenvalue weighted by Crippen LogP contribution is -2.66. The molecule has 1 fully saturated rings. The third kappa shape index (κ3) is 3.99. The maximum Gasteiger partial charge on any atom is 0.313 e. The average Bonchev–Trinajstić information content (AvgIpc) is 2.44. The van der Waals surface area contributed by atoms with Crippen LogP contribution in [0.1, 0.15) is 50.9 Å². The number of likely N-dealkylation sites (tertiary alicyclic amines) is 1. The minimum Gasteiger partial charge on any atom is -0.366 e. The summed E-state index contributed by atoms with van der Waals surface area (Å²) in [6.07, 6.45) is 1.26. The molecule has 5 N–H and O–H groups in total. The summed E-state index contributed by atoms with van der Waals surface area (Å²) < 4.78 is 0. The molecule has 1 saturated heterocycles. The van der Waals surface area contributed by atoms with Gasteiger partial charge in [0.15, 0.2) is 0 Å². The standard InChI is InChI=1S/C18H26N4O3/c1-17(2)9-12(19)10-18(3,4)22(17)16(25)15(24)21-13-7-5-11(6-8-13)14(20)23/h5-8,12H,9-10,19H2,1-4H3,(H2,20,23)(H,21,24). The number of rotatable bonds is 2. The van der Waals surface area contributed by atoms with Gasteiger partial charge in [-0.3, -0.25) is 14.4 Å². The lowest BCUT2D eigenvalue weighted by atomic mass is 9.77. The topological polar surface area (TPSA) is 119 Å². The Kier molecular flexibility index (Phi) is 4.90. The highest BCUT2D eigenvalue weighted by molar-refractivity contribution is 6.39. The van der Waals surface area contributed by atoms with Gasteiger partial charge >= 0.3 is 11.8 Å². The maximum atomic E-state index is 12.8. The minimum absolute atomic E-state index is 0.0153. The summed E-state index contributed by atoms with van der Waals surface area (Å²) in [5.74, 6) is -1.87. The predicted molar refractivity (Wildman–Crippen MR) is 95.8 cm³/mol. The number of amides is 3. The van der Waals surface area contributed by atoms with Crippen molar-refractivity contribution in [2.75, 3.05) is 5.32 Å². The molecule has 0 bridgehead atoms. The van der Waals surface area contributed by atoms with Gasteiger partial charge in [-0.25, -0.2) is 0 Å². The first-order valence-corrected chi connectivity index (χ1v) is 8.25. The monoisotopic (exact) mass is 346 g/mol. The van der Waals surface area contributed by atoms with E-state index in [-0.39, 0.29) is 6.04 Å². The van der Waals surface area contributed by atoms with Crippen LogP contribution in [0.3, 0.4) is 0 Å². The summed E-state index contributed by atoms with van der Waals surface area (Å²) in [4.78, 5) is 38.0. The van der Waals surface area contributed by atoms with Crippen LogP contribution in [0.2, 0.25) is 0 Å². The predicted octanol–water partition coefficient (Wildman–Crippen LogP) is 1.23. The van der Waals surface area contributed by atoms with E-state index in [1.165, 1.54) is 24.3 Å². The summed E-state index contributed by atoms with van der Waals surface area (Å²) in [5.41, 5.74) is 11.0. The van der Waals surface area contributed by atoms with Crippen LogP contribution in [0, 0.1) is 0 Å². The van der Waals surface area contributed by atoms with Crippen molar-refractivity contribution in [2.45, 2.75) is 57.7 Å². The molecule has 1 heterocycles. The number of nitrogens with zero attached hydrogens (tertiary/aromatic N) is 1. The molecular weight excluding hydrogens is 320 g/mol. The quantitative estimate of drug-likeness (QED) is 0.698. The number of anilines is 1. The van der Waals surface area contributed by atoms with Crippen LogP contribution in [-0.4, -0.2) is 39.7 Å². The van der Waals surface area contributed by atoms with Crippen LogP contribution in [-0.2, 0) is 9.59 Å². The normalized spacial score (nSPS) is 19.3. The molecule has 0 spiro atoms. The molecule has 0 atom stereocenters. The number of piperidine rings is 1. The molecule has 0 aromatic heterocycles. The van der Waals surface area contributed by atoms with Crippen LogP contribution in [0.4, 0.5) is 5.69 Å². The van der Waals surface area contributed by atoms with E-state index in [1.54, 1.807) is 4.90 Å². The molecule has 1 aromatic carbocycles. The number of primary amides is 1. The number of benzene rings is 1. The smallest absolute Gasteiger partial charge is 0.313 e. The maximum absolute atomic E-state index is 12.8. The van der Waals surface area contributed by atoms with Crippen molar-refractivity contribution in [1.82, 2.24) is 4.90 Å². The Balaban J connectivity index is 2.18. The molecule has 2 rings (SSSR count). The highest BCUT2D eigenvalue weighted by Crippen LogP contribution is 2.37. The molecule has 1 aliphatic rings. The van der Waals surface area contributed by atoms with E-state index in [0.717, 1.165) is 0 Å². The average molecular weight is 346 g/mol. The van der Waals surface area contributed by atoms with Gasteiger partial charge in [0, 0.05) is 28.4 Å². The van der Waals surface area contributed by atoms with E-state index in [2.05, 4.69) is 5.32 Å². The van der Waals surface area contributed by atoms with Crippen LogP contribution < -0.4 is 16.8 Å². The molecule has 136 valence electrons. The van der Waals surface area contributed by atoms with Crippen molar-refractivity contribution >= 4 is 23.4 Å². The number of carbonyl (C=O) groups is 3. The van der Waals surface area contributed by atoms with Gasteiger partial charge < -0.3 is 21.7 Å². The summed E-state index contributed by atoms with van der Waals surface area (Å²) in [6.45, 7) is 7.67. The van der Waals surface area contributed by atoms with E-state index in [9.17, 15) is 14.4 Å². The second-order valence-corrected chi connectivity index (χ2v) is 7.83. The Morgan fingerprint density at radius 1 is 1.04 bits per heavy atom. The van der Waals surface area contributed by atoms with Crippen molar-refractivity contribution in [2.24, 2.45) is 11.5 Å². The van der Waals surface area contributed by atoms with Crippen LogP contribution in [0.5, 0.6) is 0 Å². The molecule has 0 radical (unpaired) electrons. The Morgan fingerprint density at radius 2 is 1.52 bits per heavy atom. The van der Waals surface area contributed by atoms with E-state index >= 15 is 0 Å². The van der Waals surface area contributed by atoms with E-state index in [1.807, 2.05) is 27.7 Å². The van der Waals surface area contributed by atoms with Gasteiger partial charge in [0.25, 0.3) is 0 Å². The molecule has 0 unspecified atom stereocenters. The molecule has 0 aliphatic carbocycles. The number of hydrogen-bond donors (Lipinski definition) is 3. The molecule has 7 nitrogen and oxygen atoms in total. The minimum atomic E-state index is -0.719. The SMILES string of the molecule is CC1(C)CC(N)CC(C)(C)N1C(=O)C(=O)Nc1ccc(C(N)=O)cc1. The van der Waals surface area contributed by atoms with E-state index < -0.39 is 28.8 Å². The molecule has 7 heteroatoms. The zero-order valence-corrected chi connectivity index (χ0v) is 15.1. The van der Waals surface area contributed by atoms with Crippen molar-refractivity contribution in [3.8, 4) is 0 Å². The number of hydrogen-bond acceptors (Lipinski definition) is 4. The first kappa shape index (κ1) is 18.9. The van der Waals surface area contributed by atoms with Gasteiger partial charge in [0.1, 0.15) is 0 Å². The van der Waals surface area contributed by atoms with Gasteiger partial charge in [0.2, 0.25) is 5.91 Å². The molecule has 1 aromatic rings. The first-order valence-electron chi connectivity index (χ1n) is 8.25. The number of nitrogens with two attached hydrogens (primary N) is 2. The summed E-state index contributed by atoms with van der Waals surface area (Å²) >= 11 is 0. The van der Waals surface area contributed by atoms with Gasteiger partial charge in [-0.15, -0.1) is 0 Å². The Bertz CT molecular complexity index is 677. The Morgan fingerprint density at radius 3 is 1.96 bits per heavy atom. The third-order valence-electron chi connectivity index (χ3n) is 4.56. The largest absolute Gasteiger partial charge is 0.366 e. The molecular formula is C18H26N4O3. The van der Waals surface area contributed by atoms with Crippen molar-refractivity contribution in [3.05, 3.63) is 29.8 Å². The molecule has 25 heavy (non-hydrogen) atoms. The van der Waals surface area contributed by atoms with Gasteiger partial charge in [0.05, 0.1) is 0 Å². The van der Waals surface area contributed by atoms with Crippen LogP contribution in [0.25, 0.3) is 0 Å². The van der Waals surface area contributed by atoms with Crippen molar-refractivity contribution in [3.63, 3.8) is 0 Å². The fourth-order valence-electron chi connectivity index (χ4n) is 3.91. The summed E-state index contributed by atoms with van der Waals surface area (Å²) in [7, 11) is 0. The van der Waals surface area contributed by atoms with Gasteiger partial charge in [-0.05, 0) is 64.8 Å². The molecule has 1 aliphatic heterocycles.